The summed E-state index contributed by atoms with van der Waals surface area (Å²) in [5, 5.41) is 4.12. The number of hydrogen-bond acceptors (Lipinski definition) is 2. The molecule has 72 valence electrons. The van der Waals surface area contributed by atoms with Crippen LogP contribution in [0.3, 0.4) is 0 Å². The molecule has 1 heterocycles. The molecular weight excluding hydrogens is 176 g/mol. The number of aromatic amines is 1. The second kappa shape index (κ2) is 3.18. The Bertz CT molecular complexity index is 528. The van der Waals surface area contributed by atoms with Crippen LogP contribution in [0.25, 0.3) is 10.9 Å². The van der Waals surface area contributed by atoms with Gasteiger partial charge in [0.15, 0.2) is 0 Å². The summed E-state index contributed by atoms with van der Waals surface area (Å²) in [7, 11) is 1.86. The lowest BCUT2D eigenvalue weighted by molar-refractivity contribution is 1.28. The number of aromatic nitrogens is 1. The number of pyridine rings is 1. The minimum Gasteiger partial charge on any atom is -0.388 e. The zero-order chi connectivity index (χ0) is 10.1. The molecular formula is C11H12N2O. The Hall–Kier alpha value is -1.77. The van der Waals surface area contributed by atoms with E-state index in [1.807, 2.05) is 32.2 Å². The highest BCUT2D eigenvalue weighted by Gasteiger charge is 1.99. The Labute approximate surface area is 81.8 Å². The summed E-state index contributed by atoms with van der Waals surface area (Å²) < 4.78 is 0. The maximum atomic E-state index is 11.2. The van der Waals surface area contributed by atoms with E-state index in [0.29, 0.717) is 0 Å². The van der Waals surface area contributed by atoms with Gasteiger partial charge in [0.25, 0.3) is 0 Å². The van der Waals surface area contributed by atoms with Crippen LogP contribution in [0.1, 0.15) is 5.56 Å². The van der Waals surface area contributed by atoms with Crippen molar-refractivity contribution < 1.29 is 0 Å². The third-order valence-corrected chi connectivity index (χ3v) is 2.34. The maximum absolute atomic E-state index is 11.2. The Morgan fingerprint density at radius 2 is 2.07 bits per heavy atom. The van der Waals surface area contributed by atoms with Crippen molar-refractivity contribution in [1.29, 1.82) is 0 Å². The number of nitrogens with one attached hydrogen (secondary N) is 2. The summed E-state index contributed by atoms with van der Waals surface area (Å²) in [5.74, 6) is 0. The van der Waals surface area contributed by atoms with Gasteiger partial charge < -0.3 is 10.3 Å². The fourth-order valence-electron chi connectivity index (χ4n) is 1.59. The molecule has 1 aromatic heterocycles. The number of rotatable bonds is 1. The number of benzene rings is 1. The first kappa shape index (κ1) is 8.81. The lowest BCUT2D eigenvalue weighted by Crippen LogP contribution is -2.04. The molecule has 0 amide bonds. The summed E-state index contributed by atoms with van der Waals surface area (Å²) in [6.45, 7) is 1.94. The predicted octanol–water partition coefficient (Wildman–Crippen LogP) is 1.88. The molecule has 0 aliphatic carbocycles. The first-order valence-electron chi connectivity index (χ1n) is 4.52. The number of fused-ring (bicyclic) bond motifs is 1. The Morgan fingerprint density at radius 3 is 2.79 bits per heavy atom. The van der Waals surface area contributed by atoms with Gasteiger partial charge in [0.1, 0.15) is 0 Å². The van der Waals surface area contributed by atoms with Crippen molar-refractivity contribution in [2.75, 3.05) is 12.4 Å². The zero-order valence-corrected chi connectivity index (χ0v) is 8.22. The van der Waals surface area contributed by atoms with Crippen molar-refractivity contribution in [2.24, 2.45) is 0 Å². The highest BCUT2D eigenvalue weighted by Crippen LogP contribution is 2.18. The minimum absolute atomic E-state index is 0.0525. The lowest BCUT2D eigenvalue weighted by Gasteiger charge is -2.04. The third-order valence-electron chi connectivity index (χ3n) is 2.34. The molecule has 3 nitrogen and oxygen atoms in total. The molecule has 0 spiro atoms. The van der Waals surface area contributed by atoms with Crippen LogP contribution in [0.15, 0.2) is 29.1 Å². The molecule has 0 bridgehead atoms. The molecule has 2 aromatic rings. The summed E-state index contributed by atoms with van der Waals surface area (Å²) in [6.07, 6.45) is 0. The van der Waals surface area contributed by atoms with E-state index in [4.69, 9.17) is 0 Å². The minimum atomic E-state index is -0.0525. The standard InChI is InChI=1S/C11H12N2O/c1-7-5-11(14)13-10-6-8(12-2)3-4-9(7)10/h3-6,12H,1-2H3,(H,13,14). The quantitative estimate of drug-likeness (QED) is 0.717. The van der Waals surface area contributed by atoms with Crippen molar-refractivity contribution in [3.63, 3.8) is 0 Å². The molecule has 0 fully saturated rings. The molecule has 3 heteroatoms. The first-order valence-corrected chi connectivity index (χ1v) is 4.52. The second-order valence-corrected chi connectivity index (χ2v) is 3.33. The molecule has 0 radical (unpaired) electrons. The molecule has 0 unspecified atom stereocenters. The molecule has 14 heavy (non-hydrogen) atoms. The largest absolute Gasteiger partial charge is 0.388 e. The van der Waals surface area contributed by atoms with Crippen molar-refractivity contribution in [3.05, 3.63) is 40.2 Å². The number of aryl methyl sites for hydroxylation is 1. The maximum Gasteiger partial charge on any atom is 0.248 e. The third kappa shape index (κ3) is 1.37. The van der Waals surface area contributed by atoms with Crippen molar-refractivity contribution in [2.45, 2.75) is 6.92 Å². The van der Waals surface area contributed by atoms with Crippen LogP contribution in [-0.2, 0) is 0 Å². The van der Waals surface area contributed by atoms with E-state index in [9.17, 15) is 4.79 Å². The van der Waals surface area contributed by atoms with Gasteiger partial charge in [0.2, 0.25) is 5.56 Å². The van der Waals surface area contributed by atoms with Gasteiger partial charge in [-0.25, -0.2) is 0 Å². The van der Waals surface area contributed by atoms with Crippen LogP contribution in [0, 0.1) is 6.92 Å². The van der Waals surface area contributed by atoms with Crippen molar-refractivity contribution in [3.8, 4) is 0 Å². The van der Waals surface area contributed by atoms with Gasteiger partial charge in [-0.1, -0.05) is 6.07 Å². The molecule has 2 rings (SSSR count). The molecule has 0 atom stereocenters. The summed E-state index contributed by atoms with van der Waals surface area (Å²) in [4.78, 5) is 14.0. The molecule has 0 saturated heterocycles. The zero-order valence-electron chi connectivity index (χ0n) is 8.22. The smallest absolute Gasteiger partial charge is 0.248 e. The van der Waals surface area contributed by atoms with E-state index in [2.05, 4.69) is 10.3 Å². The molecule has 0 aliphatic rings. The predicted molar refractivity (Wildman–Crippen MR) is 58.9 cm³/mol. The van der Waals surface area contributed by atoms with Gasteiger partial charge >= 0.3 is 0 Å². The van der Waals surface area contributed by atoms with Gasteiger partial charge in [-0.05, 0) is 24.6 Å². The van der Waals surface area contributed by atoms with Crippen LogP contribution in [0.5, 0.6) is 0 Å². The highest BCUT2D eigenvalue weighted by atomic mass is 16.1. The fraction of sp³-hybridized carbons (Fsp3) is 0.182. The topological polar surface area (TPSA) is 44.9 Å². The SMILES string of the molecule is CNc1ccc2c(C)cc(=O)[nH]c2c1. The van der Waals surface area contributed by atoms with Crippen LogP contribution >= 0.6 is 0 Å². The van der Waals surface area contributed by atoms with Crippen molar-refractivity contribution in [1.82, 2.24) is 4.98 Å². The van der Waals surface area contributed by atoms with Gasteiger partial charge in [-0.15, -0.1) is 0 Å². The van der Waals surface area contributed by atoms with Gasteiger partial charge in [-0.3, -0.25) is 4.79 Å². The van der Waals surface area contributed by atoms with E-state index in [0.717, 1.165) is 22.2 Å². The molecule has 2 N–H and O–H groups in total. The van der Waals surface area contributed by atoms with Crippen LogP contribution in [0.4, 0.5) is 5.69 Å². The van der Waals surface area contributed by atoms with Gasteiger partial charge in [0.05, 0.1) is 5.52 Å². The monoisotopic (exact) mass is 188 g/mol. The summed E-state index contributed by atoms with van der Waals surface area (Å²) in [5.41, 5.74) is 2.83. The Balaban J connectivity index is 2.82. The van der Waals surface area contributed by atoms with Crippen LogP contribution in [0.2, 0.25) is 0 Å². The number of anilines is 1. The van der Waals surface area contributed by atoms with E-state index < -0.39 is 0 Å². The normalized spacial score (nSPS) is 10.4. The van der Waals surface area contributed by atoms with Gasteiger partial charge in [0, 0.05) is 24.2 Å². The summed E-state index contributed by atoms with van der Waals surface area (Å²) >= 11 is 0. The Kier molecular flexibility index (Phi) is 2.00. The van der Waals surface area contributed by atoms with Crippen molar-refractivity contribution >= 4 is 16.6 Å². The fourth-order valence-corrected chi connectivity index (χ4v) is 1.59. The summed E-state index contributed by atoms with van der Waals surface area (Å²) in [6, 6.07) is 7.55. The molecule has 1 aromatic carbocycles. The first-order chi connectivity index (χ1) is 6.70. The average Bonchev–Trinajstić information content (AvgIpc) is 2.16. The van der Waals surface area contributed by atoms with Crippen LogP contribution in [-0.4, -0.2) is 12.0 Å². The van der Waals surface area contributed by atoms with Gasteiger partial charge in [-0.2, -0.15) is 0 Å². The van der Waals surface area contributed by atoms with E-state index in [1.165, 1.54) is 0 Å². The number of H-pyrrole nitrogens is 1. The molecule has 0 saturated carbocycles. The average molecular weight is 188 g/mol. The van der Waals surface area contributed by atoms with E-state index in [1.54, 1.807) is 6.07 Å². The lowest BCUT2D eigenvalue weighted by atomic mass is 10.1. The second-order valence-electron chi connectivity index (χ2n) is 3.33. The van der Waals surface area contributed by atoms with E-state index in [-0.39, 0.29) is 5.56 Å². The highest BCUT2D eigenvalue weighted by molar-refractivity contribution is 5.84. The molecule has 0 aliphatic heterocycles. The number of hydrogen-bond donors (Lipinski definition) is 2. The van der Waals surface area contributed by atoms with Crippen LogP contribution < -0.4 is 10.9 Å². The van der Waals surface area contributed by atoms with E-state index >= 15 is 0 Å². The Morgan fingerprint density at radius 1 is 1.29 bits per heavy atom.